The van der Waals surface area contributed by atoms with Gasteiger partial charge in [0.25, 0.3) is 5.91 Å². The summed E-state index contributed by atoms with van der Waals surface area (Å²) in [6.45, 7) is 3.97. The summed E-state index contributed by atoms with van der Waals surface area (Å²) in [6, 6.07) is 8.43. The lowest BCUT2D eigenvalue weighted by Gasteiger charge is -2.24. The quantitative estimate of drug-likeness (QED) is 0.774. The highest BCUT2D eigenvalue weighted by Gasteiger charge is 2.22. The molecule has 1 heterocycles. The molecule has 106 valence electrons. The van der Waals surface area contributed by atoms with Crippen molar-refractivity contribution < 1.29 is 9.18 Å². The minimum atomic E-state index is -0.509. The monoisotopic (exact) mass is 355 g/mol. The van der Waals surface area contributed by atoms with E-state index in [-0.39, 0.29) is 17.5 Å². The van der Waals surface area contributed by atoms with Crippen LogP contribution in [0.3, 0.4) is 0 Å². The van der Waals surface area contributed by atoms with Crippen molar-refractivity contribution in [3.8, 4) is 0 Å². The summed E-state index contributed by atoms with van der Waals surface area (Å²) < 4.78 is 14.5. The van der Waals surface area contributed by atoms with Crippen LogP contribution in [-0.4, -0.2) is 17.9 Å². The lowest BCUT2D eigenvalue weighted by molar-refractivity contribution is 0.0740. The second-order valence-corrected chi connectivity index (χ2v) is 6.90. The standard InChI is InChI=1S/C15H15BrFNOS/c1-9-4-7-14(20-9)10(2)18(3)15(19)12-6-5-11(16)8-13(12)17/h4-8,10H,1-3H3. The maximum atomic E-state index is 13.9. The van der Waals surface area contributed by atoms with Gasteiger partial charge in [-0.2, -0.15) is 0 Å². The van der Waals surface area contributed by atoms with Crippen LogP contribution in [0.5, 0.6) is 0 Å². The Morgan fingerprint density at radius 3 is 2.60 bits per heavy atom. The van der Waals surface area contributed by atoms with Gasteiger partial charge in [0.05, 0.1) is 11.6 Å². The van der Waals surface area contributed by atoms with Crippen molar-refractivity contribution >= 4 is 33.2 Å². The summed E-state index contributed by atoms with van der Waals surface area (Å²) in [6.07, 6.45) is 0. The predicted molar refractivity (Wildman–Crippen MR) is 83.7 cm³/mol. The number of hydrogen-bond donors (Lipinski definition) is 0. The van der Waals surface area contributed by atoms with Gasteiger partial charge in [-0.05, 0) is 44.2 Å². The molecular formula is C15H15BrFNOS. The van der Waals surface area contributed by atoms with Crippen molar-refractivity contribution in [3.63, 3.8) is 0 Å². The Kier molecular flexibility index (Phi) is 4.60. The average molecular weight is 356 g/mol. The third-order valence-corrected chi connectivity index (χ3v) is 4.90. The van der Waals surface area contributed by atoms with Crippen molar-refractivity contribution in [3.05, 3.63) is 55.9 Å². The molecule has 0 radical (unpaired) electrons. The molecule has 1 unspecified atom stereocenters. The number of carbonyl (C=O) groups excluding carboxylic acids is 1. The molecule has 0 spiro atoms. The second-order valence-electron chi connectivity index (χ2n) is 4.66. The maximum absolute atomic E-state index is 13.9. The zero-order valence-electron chi connectivity index (χ0n) is 11.5. The summed E-state index contributed by atoms with van der Waals surface area (Å²) in [7, 11) is 1.70. The largest absolute Gasteiger partial charge is 0.334 e. The molecule has 2 aromatic rings. The molecule has 1 aromatic heterocycles. The van der Waals surface area contributed by atoms with Crippen LogP contribution in [0.2, 0.25) is 0 Å². The number of aryl methyl sites for hydroxylation is 1. The zero-order valence-corrected chi connectivity index (χ0v) is 13.9. The summed E-state index contributed by atoms with van der Waals surface area (Å²) in [5.41, 5.74) is 0.0934. The molecule has 0 saturated carbocycles. The van der Waals surface area contributed by atoms with E-state index in [1.807, 2.05) is 26.0 Å². The number of hydrogen-bond acceptors (Lipinski definition) is 2. The third kappa shape index (κ3) is 3.10. The maximum Gasteiger partial charge on any atom is 0.257 e. The van der Waals surface area contributed by atoms with Crippen LogP contribution in [0, 0.1) is 12.7 Å². The SMILES string of the molecule is Cc1ccc(C(C)N(C)C(=O)c2ccc(Br)cc2F)s1. The third-order valence-electron chi connectivity index (χ3n) is 3.24. The molecule has 1 aromatic carbocycles. The summed E-state index contributed by atoms with van der Waals surface area (Å²) >= 11 is 4.84. The Morgan fingerprint density at radius 1 is 1.35 bits per heavy atom. The zero-order chi connectivity index (χ0) is 14.9. The lowest BCUT2D eigenvalue weighted by Crippen LogP contribution is -2.29. The lowest BCUT2D eigenvalue weighted by atomic mass is 10.1. The van der Waals surface area contributed by atoms with Gasteiger partial charge in [0, 0.05) is 21.3 Å². The van der Waals surface area contributed by atoms with E-state index in [0.717, 1.165) is 4.88 Å². The van der Waals surface area contributed by atoms with Crippen LogP contribution < -0.4 is 0 Å². The van der Waals surface area contributed by atoms with Crippen LogP contribution in [0.1, 0.15) is 33.1 Å². The first kappa shape index (κ1) is 15.2. The Bertz CT molecular complexity index is 641. The van der Waals surface area contributed by atoms with Gasteiger partial charge in [-0.3, -0.25) is 4.79 Å². The summed E-state index contributed by atoms with van der Waals surface area (Å²) in [5.74, 6) is -0.820. The molecule has 2 nitrogen and oxygen atoms in total. The molecule has 1 amide bonds. The second kappa shape index (κ2) is 6.06. The molecule has 0 N–H and O–H groups in total. The number of halogens is 2. The molecule has 0 aliphatic heterocycles. The van der Waals surface area contributed by atoms with Crippen LogP contribution in [0.15, 0.2) is 34.8 Å². The van der Waals surface area contributed by atoms with Crippen LogP contribution in [0.4, 0.5) is 4.39 Å². The van der Waals surface area contributed by atoms with Crippen molar-refractivity contribution in [2.24, 2.45) is 0 Å². The summed E-state index contributed by atoms with van der Waals surface area (Å²) in [5, 5.41) is 0. The smallest absolute Gasteiger partial charge is 0.257 e. The molecule has 0 bridgehead atoms. The van der Waals surface area contributed by atoms with E-state index >= 15 is 0 Å². The van der Waals surface area contributed by atoms with Gasteiger partial charge in [-0.15, -0.1) is 11.3 Å². The molecule has 5 heteroatoms. The highest BCUT2D eigenvalue weighted by atomic mass is 79.9. The van der Waals surface area contributed by atoms with E-state index in [2.05, 4.69) is 15.9 Å². The Hall–Kier alpha value is -1.20. The van der Waals surface area contributed by atoms with Gasteiger partial charge in [0.1, 0.15) is 5.82 Å². The van der Waals surface area contributed by atoms with Gasteiger partial charge in [0.15, 0.2) is 0 Å². The highest BCUT2D eigenvalue weighted by Crippen LogP contribution is 2.28. The number of rotatable bonds is 3. The van der Waals surface area contributed by atoms with E-state index < -0.39 is 5.82 Å². The molecule has 0 saturated heterocycles. The number of amides is 1. The molecule has 20 heavy (non-hydrogen) atoms. The number of nitrogens with zero attached hydrogens (tertiary/aromatic N) is 1. The topological polar surface area (TPSA) is 20.3 Å². The van der Waals surface area contributed by atoms with Crippen LogP contribution >= 0.6 is 27.3 Å². The molecule has 0 aliphatic carbocycles. The molecule has 0 aliphatic rings. The van der Waals surface area contributed by atoms with Crippen molar-refractivity contribution in [1.29, 1.82) is 0 Å². The molecule has 1 atom stereocenters. The van der Waals surface area contributed by atoms with Gasteiger partial charge in [0.2, 0.25) is 0 Å². The van der Waals surface area contributed by atoms with E-state index in [9.17, 15) is 9.18 Å². The van der Waals surface area contributed by atoms with Crippen LogP contribution in [0.25, 0.3) is 0 Å². The fourth-order valence-electron chi connectivity index (χ4n) is 1.90. The predicted octanol–water partition coefficient (Wildman–Crippen LogP) is 4.79. The fourth-order valence-corrected chi connectivity index (χ4v) is 3.20. The minimum Gasteiger partial charge on any atom is -0.334 e. The van der Waals surface area contributed by atoms with Crippen molar-refractivity contribution in [2.45, 2.75) is 19.9 Å². The number of thiophene rings is 1. The molecule has 2 rings (SSSR count). The van der Waals surface area contributed by atoms with E-state index in [1.54, 1.807) is 29.4 Å². The first-order chi connectivity index (χ1) is 9.40. The highest BCUT2D eigenvalue weighted by molar-refractivity contribution is 9.10. The van der Waals surface area contributed by atoms with Gasteiger partial charge in [-0.25, -0.2) is 4.39 Å². The minimum absolute atomic E-state index is 0.0794. The Balaban J connectivity index is 2.24. The van der Waals surface area contributed by atoms with Gasteiger partial charge < -0.3 is 4.90 Å². The van der Waals surface area contributed by atoms with Crippen molar-refractivity contribution in [1.82, 2.24) is 4.90 Å². The average Bonchev–Trinajstić information content (AvgIpc) is 2.83. The Morgan fingerprint density at radius 2 is 2.05 bits per heavy atom. The molecular weight excluding hydrogens is 341 g/mol. The first-order valence-corrected chi connectivity index (χ1v) is 7.79. The number of benzene rings is 1. The molecule has 0 fully saturated rings. The van der Waals surface area contributed by atoms with Gasteiger partial charge in [-0.1, -0.05) is 15.9 Å². The normalized spacial score (nSPS) is 12.2. The van der Waals surface area contributed by atoms with Crippen LogP contribution in [-0.2, 0) is 0 Å². The fraction of sp³-hybridized carbons (Fsp3) is 0.267. The first-order valence-electron chi connectivity index (χ1n) is 6.18. The van der Waals surface area contributed by atoms with E-state index in [4.69, 9.17) is 0 Å². The number of carbonyl (C=O) groups is 1. The van der Waals surface area contributed by atoms with Gasteiger partial charge >= 0.3 is 0 Å². The van der Waals surface area contributed by atoms with E-state index in [0.29, 0.717) is 4.47 Å². The Labute approximate surface area is 130 Å². The van der Waals surface area contributed by atoms with Crippen molar-refractivity contribution in [2.75, 3.05) is 7.05 Å². The summed E-state index contributed by atoms with van der Waals surface area (Å²) in [4.78, 5) is 16.2. The van der Waals surface area contributed by atoms with E-state index in [1.165, 1.54) is 17.0 Å².